The average molecular weight is 401 g/mol. The SMILES string of the molecule is [B]C1CC(NP(=O)(O)OCC2OC([B])CC2OC(C)C)C(COC(C)C)O1. The molecule has 0 aliphatic carbocycles. The highest BCUT2D eigenvalue weighted by atomic mass is 31.2. The number of hydrogen-bond acceptors (Lipinski definition) is 6. The van der Waals surface area contributed by atoms with Gasteiger partial charge in [0.05, 0.1) is 37.6 Å². The van der Waals surface area contributed by atoms with Crippen LogP contribution in [0.15, 0.2) is 0 Å². The molecule has 0 aromatic heterocycles. The molecule has 0 amide bonds. The summed E-state index contributed by atoms with van der Waals surface area (Å²) < 4.78 is 40.1. The summed E-state index contributed by atoms with van der Waals surface area (Å²) in [7, 11) is 7.51. The van der Waals surface area contributed by atoms with Crippen LogP contribution in [0.3, 0.4) is 0 Å². The van der Waals surface area contributed by atoms with Gasteiger partial charge in [0.25, 0.3) is 0 Å². The highest BCUT2D eigenvalue weighted by molar-refractivity contribution is 7.50. The van der Waals surface area contributed by atoms with E-state index in [2.05, 4.69) is 5.09 Å². The molecule has 152 valence electrons. The summed E-state index contributed by atoms with van der Waals surface area (Å²) in [5.74, 6) is 0. The van der Waals surface area contributed by atoms with Crippen molar-refractivity contribution in [1.82, 2.24) is 5.09 Å². The van der Waals surface area contributed by atoms with Gasteiger partial charge in [-0.2, -0.15) is 0 Å². The van der Waals surface area contributed by atoms with Crippen molar-refractivity contribution in [2.75, 3.05) is 13.2 Å². The fraction of sp³-hybridized carbons (Fsp3) is 1.00. The van der Waals surface area contributed by atoms with Gasteiger partial charge in [-0.25, -0.2) is 9.65 Å². The summed E-state index contributed by atoms with van der Waals surface area (Å²) in [6, 6.07) is -1.46. The smallest absolute Gasteiger partial charge is 0.381 e. The second kappa shape index (κ2) is 10.2. The lowest BCUT2D eigenvalue weighted by Gasteiger charge is -2.25. The van der Waals surface area contributed by atoms with Crippen molar-refractivity contribution in [3.05, 3.63) is 0 Å². The van der Waals surface area contributed by atoms with Crippen LogP contribution in [0.1, 0.15) is 40.5 Å². The van der Waals surface area contributed by atoms with E-state index in [0.717, 1.165) is 0 Å². The van der Waals surface area contributed by atoms with Gasteiger partial charge in [-0.15, -0.1) is 0 Å². The van der Waals surface area contributed by atoms with Crippen LogP contribution >= 0.6 is 7.75 Å². The zero-order chi connectivity index (χ0) is 20.2. The quantitative estimate of drug-likeness (QED) is 0.411. The molecule has 2 heterocycles. The van der Waals surface area contributed by atoms with Crippen molar-refractivity contribution in [1.29, 1.82) is 0 Å². The average Bonchev–Trinajstić information content (AvgIpc) is 3.04. The Balaban J connectivity index is 1.87. The molecule has 27 heavy (non-hydrogen) atoms. The Morgan fingerprint density at radius 3 is 2.33 bits per heavy atom. The summed E-state index contributed by atoms with van der Waals surface area (Å²) in [5, 5.41) is 2.63. The van der Waals surface area contributed by atoms with Crippen LogP contribution in [-0.4, -0.2) is 82.4 Å². The lowest BCUT2D eigenvalue weighted by atomic mass is 9.95. The first-order valence-electron chi connectivity index (χ1n) is 9.40. The number of hydrogen-bond donors (Lipinski definition) is 2. The van der Waals surface area contributed by atoms with Crippen LogP contribution in [0.4, 0.5) is 0 Å². The van der Waals surface area contributed by atoms with E-state index < -0.39 is 38.0 Å². The third kappa shape index (κ3) is 7.78. The molecule has 2 N–H and O–H groups in total. The van der Waals surface area contributed by atoms with Crippen LogP contribution in [0.25, 0.3) is 0 Å². The molecular weight excluding hydrogens is 371 g/mol. The minimum absolute atomic E-state index is 0.00991. The van der Waals surface area contributed by atoms with E-state index >= 15 is 0 Å². The monoisotopic (exact) mass is 401 g/mol. The summed E-state index contributed by atoms with van der Waals surface area (Å²) in [6.45, 7) is 7.77. The summed E-state index contributed by atoms with van der Waals surface area (Å²) in [4.78, 5) is 10.2. The molecule has 2 aliphatic heterocycles. The molecule has 0 spiro atoms. The van der Waals surface area contributed by atoms with Crippen molar-refractivity contribution < 1.29 is 32.9 Å². The van der Waals surface area contributed by atoms with E-state index in [1.807, 2.05) is 27.7 Å². The maximum absolute atomic E-state index is 12.5. The molecule has 2 aliphatic rings. The Morgan fingerprint density at radius 2 is 1.70 bits per heavy atom. The Morgan fingerprint density at radius 1 is 1.07 bits per heavy atom. The minimum atomic E-state index is -4.10. The van der Waals surface area contributed by atoms with Crippen molar-refractivity contribution in [2.24, 2.45) is 0 Å². The van der Waals surface area contributed by atoms with E-state index in [-0.39, 0.29) is 31.5 Å². The van der Waals surface area contributed by atoms with Crippen molar-refractivity contribution >= 4 is 23.4 Å². The van der Waals surface area contributed by atoms with Gasteiger partial charge in [-0.05, 0) is 40.5 Å². The molecule has 0 saturated carbocycles. The molecule has 7 unspecified atom stereocenters. The fourth-order valence-corrected chi connectivity index (χ4v) is 4.28. The minimum Gasteiger partial charge on any atom is -0.381 e. The van der Waals surface area contributed by atoms with E-state index in [9.17, 15) is 9.46 Å². The maximum atomic E-state index is 12.5. The van der Waals surface area contributed by atoms with Crippen LogP contribution < -0.4 is 5.09 Å². The summed E-state index contributed by atoms with van der Waals surface area (Å²) in [6.07, 6.45) is -0.324. The third-order valence-corrected chi connectivity index (χ3v) is 5.45. The van der Waals surface area contributed by atoms with Gasteiger partial charge in [0.1, 0.15) is 21.8 Å². The number of nitrogens with one attached hydrogen (secondary N) is 1. The Labute approximate surface area is 164 Å². The van der Waals surface area contributed by atoms with Crippen molar-refractivity contribution in [3.63, 3.8) is 0 Å². The van der Waals surface area contributed by atoms with Gasteiger partial charge in [0.15, 0.2) is 0 Å². The largest absolute Gasteiger partial charge is 0.403 e. The van der Waals surface area contributed by atoms with Gasteiger partial charge in [0.2, 0.25) is 0 Å². The number of ether oxygens (including phenoxy) is 4. The first-order valence-corrected chi connectivity index (χ1v) is 11.0. The zero-order valence-electron chi connectivity index (χ0n) is 16.4. The fourth-order valence-electron chi connectivity index (χ4n) is 3.16. The van der Waals surface area contributed by atoms with Gasteiger partial charge in [0, 0.05) is 18.0 Å². The molecule has 0 aromatic rings. The summed E-state index contributed by atoms with van der Waals surface area (Å²) in [5.41, 5.74) is 0. The molecule has 8 nitrogen and oxygen atoms in total. The zero-order valence-corrected chi connectivity index (χ0v) is 17.3. The molecule has 7 atom stereocenters. The van der Waals surface area contributed by atoms with Crippen molar-refractivity contribution in [3.8, 4) is 0 Å². The highest BCUT2D eigenvalue weighted by Crippen LogP contribution is 2.41. The van der Waals surface area contributed by atoms with E-state index in [0.29, 0.717) is 12.8 Å². The molecule has 2 saturated heterocycles. The summed E-state index contributed by atoms with van der Waals surface area (Å²) >= 11 is 0. The van der Waals surface area contributed by atoms with E-state index in [1.54, 1.807) is 0 Å². The molecule has 11 heteroatoms. The standard InChI is InChI=1S/C16H30B2NO7P/c1-9(2)22-7-13-11(5-15(17)25-13)19-27(20,21)23-8-14-12(24-10(3)4)6-16(18)26-14/h9-16H,5-8H2,1-4H3,(H2,19,20,21). The normalized spacial score (nSPS) is 36.6. The van der Waals surface area contributed by atoms with E-state index in [4.69, 9.17) is 39.2 Å². The van der Waals surface area contributed by atoms with Crippen LogP contribution in [0.5, 0.6) is 0 Å². The Hall–Kier alpha value is 0.0799. The highest BCUT2D eigenvalue weighted by Gasteiger charge is 2.40. The van der Waals surface area contributed by atoms with Gasteiger partial charge in [-0.3, -0.25) is 4.52 Å². The number of rotatable bonds is 10. The van der Waals surface area contributed by atoms with Gasteiger partial charge < -0.3 is 23.8 Å². The molecule has 2 fully saturated rings. The van der Waals surface area contributed by atoms with Gasteiger partial charge in [-0.1, -0.05) is 0 Å². The second-order valence-electron chi connectivity index (χ2n) is 7.55. The van der Waals surface area contributed by atoms with Crippen LogP contribution in [0.2, 0.25) is 0 Å². The lowest BCUT2D eigenvalue weighted by Crippen LogP contribution is -2.39. The first kappa shape index (κ1) is 23.4. The van der Waals surface area contributed by atoms with Crippen LogP contribution in [0, 0.1) is 0 Å². The molecule has 4 radical (unpaired) electrons. The Bertz CT molecular complexity index is 513. The second-order valence-corrected chi connectivity index (χ2v) is 9.11. The molecule has 2 rings (SSSR count). The lowest BCUT2D eigenvalue weighted by molar-refractivity contribution is -0.0559. The molecule has 0 aromatic carbocycles. The predicted octanol–water partition coefficient (Wildman–Crippen LogP) is 0.847. The van der Waals surface area contributed by atoms with Gasteiger partial charge >= 0.3 is 7.75 Å². The third-order valence-electron chi connectivity index (χ3n) is 4.30. The predicted molar refractivity (Wildman–Crippen MR) is 102 cm³/mol. The molecule has 0 bridgehead atoms. The van der Waals surface area contributed by atoms with Crippen molar-refractivity contribution in [2.45, 2.75) is 89.1 Å². The van der Waals surface area contributed by atoms with Crippen LogP contribution in [-0.2, 0) is 28.0 Å². The topological polar surface area (TPSA) is 95.5 Å². The first-order chi connectivity index (χ1) is 12.6. The Kier molecular flexibility index (Phi) is 8.84. The maximum Gasteiger partial charge on any atom is 0.403 e. The van der Waals surface area contributed by atoms with E-state index in [1.165, 1.54) is 0 Å². The molecular formula is C16H30B2NO7P.